The lowest BCUT2D eigenvalue weighted by molar-refractivity contribution is -0.0690. The molecule has 136 valence electrons. The number of aromatic nitrogens is 1. The van der Waals surface area contributed by atoms with Crippen molar-refractivity contribution in [1.29, 1.82) is 0 Å². The summed E-state index contributed by atoms with van der Waals surface area (Å²) in [5, 5.41) is 4.12. The van der Waals surface area contributed by atoms with E-state index in [1.807, 2.05) is 39.2 Å². The second-order valence-corrected chi connectivity index (χ2v) is 7.81. The monoisotopic (exact) mass is 363 g/mol. The molecule has 25 heavy (non-hydrogen) atoms. The van der Waals surface area contributed by atoms with E-state index < -0.39 is 0 Å². The van der Waals surface area contributed by atoms with E-state index in [1.54, 1.807) is 11.3 Å². The summed E-state index contributed by atoms with van der Waals surface area (Å²) in [6.07, 6.45) is 0.652. The Morgan fingerprint density at radius 3 is 3.12 bits per heavy atom. The third-order valence-electron chi connectivity index (χ3n) is 4.25. The minimum Gasteiger partial charge on any atom is -0.379 e. The number of likely N-dealkylation sites (N-methyl/N-ethyl adjacent to an activating group) is 1. The average Bonchev–Trinajstić information content (AvgIpc) is 2.95. The van der Waals surface area contributed by atoms with Gasteiger partial charge in [-0.3, -0.25) is 4.79 Å². The summed E-state index contributed by atoms with van der Waals surface area (Å²) >= 11 is 1.64. The van der Waals surface area contributed by atoms with Crippen molar-refractivity contribution in [3.05, 3.63) is 28.8 Å². The fourth-order valence-corrected chi connectivity index (χ4v) is 3.67. The highest BCUT2D eigenvalue weighted by molar-refractivity contribution is 7.18. The Bertz CT molecular complexity index is 731. The Morgan fingerprint density at radius 1 is 1.48 bits per heavy atom. The van der Waals surface area contributed by atoms with Crippen molar-refractivity contribution in [3.8, 4) is 0 Å². The van der Waals surface area contributed by atoms with Crippen LogP contribution in [0.1, 0.15) is 21.8 Å². The van der Waals surface area contributed by atoms with Crippen LogP contribution in [-0.4, -0.2) is 68.4 Å². The number of nitrogens with one attached hydrogen (secondary N) is 1. The Balaban J connectivity index is 1.64. The number of amides is 1. The van der Waals surface area contributed by atoms with E-state index in [1.165, 1.54) is 0 Å². The molecular weight excluding hydrogens is 338 g/mol. The van der Waals surface area contributed by atoms with Gasteiger partial charge in [0.25, 0.3) is 5.91 Å². The molecule has 0 bridgehead atoms. The van der Waals surface area contributed by atoms with Gasteiger partial charge in [0.15, 0.2) is 0 Å². The number of hydrogen-bond acceptors (Lipinski definition) is 6. The maximum absolute atomic E-state index is 12.7. The van der Waals surface area contributed by atoms with Gasteiger partial charge in [0.05, 0.1) is 34.5 Å². The second-order valence-electron chi connectivity index (χ2n) is 6.57. The molecule has 1 aromatic heterocycles. The van der Waals surface area contributed by atoms with Crippen LogP contribution in [0.5, 0.6) is 0 Å². The molecule has 0 radical (unpaired) electrons. The number of carbonyl (C=O) groups excluding carboxylic acids is 1. The number of carbonyl (C=O) groups is 1. The van der Waals surface area contributed by atoms with E-state index in [4.69, 9.17) is 9.47 Å². The Hall–Kier alpha value is -1.54. The number of rotatable bonds is 6. The summed E-state index contributed by atoms with van der Waals surface area (Å²) in [5.74, 6) is -0.0827. The zero-order valence-electron chi connectivity index (χ0n) is 14.9. The summed E-state index contributed by atoms with van der Waals surface area (Å²) < 4.78 is 12.5. The van der Waals surface area contributed by atoms with Gasteiger partial charge in [-0.2, -0.15) is 0 Å². The molecule has 1 aromatic carbocycles. The summed E-state index contributed by atoms with van der Waals surface area (Å²) in [7, 11) is 4.02. The molecule has 1 N–H and O–H groups in total. The van der Waals surface area contributed by atoms with Gasteiger partial charge in [0.1, 0.15) is 6.10 Å². The molecule has 2 aromatic rings. The van der Waals surface area contributed by atoms with Crippen LogP contribution in [0.25, 0.3) is 10.2 Å². The molecule has 0 spiro atoms. The van der Waals surface area contributed by atoms with Crippen LogP contribution >= 0.6 is 11.3 Å². The molecule has 1 aliphatic rings. The number of aryl methyl sites for hydroxylation is 1. The van der Waals surface area contributed by atoms with Crippen molar-refractivity contribution in [1.82, 2.24) is 15.2 Å². The normalized spacial score (nSPS) is 21.0. The minimum atomic E-state index is -0.108. The summed E-state index contributed by atoms with van der Waals surface area (Å²) in [5.41, 5.74) is 1.51. The molecule has 2 heterocycles. The van der Waals surface area contributed by atoms with Crippen LogP contribution in [-0.2, 0) is 9.47 Å². The smallest absolute Gasteiger partial charge is 0.251 e. The van der Waals surface area contributed by atoms with Crippen molar-refractivity contribution >= 4 is 27.5 Å². The molecule has 1 saturated heterocycles. The van der Waals surface area contributed by atoms with Gasteiger partial charge in [-0.15, -0.1) is 11.3 Å². The molecular formula is C18H25N3O3S. The summed E-state index contributed by atoms with van der Waals surface area (Å²) in [4.78, 5) is 19.2. The lowest BCUT2D eigenvalue weighted by Gasteiger charge is -2.32. The average molecular weight is 363 g/mol. The van der Waals surface area contributed by atoms with Gasteiger partial charge in [0, 0.05) is 18.7 Å². The van der Waals surface area contributed by atoms with Crippen LogP contribution in [0.4, 0.5) is 0 Å². The SMILES string of the molecule is Cc1nc2cc(C(=O)N[C@@H]3CCOC[C@H]3OCCN(C)C)ccc2s1. The van der Waals surface area contributed by atoms with Gasteiger partial charge in [-0.25, -0.2) is 4.98 Å². The zero-order chi connectivity index (χ0) is 17.8. The van der Waals surface area contributed by atoms with Gasteiger partial charge < -0.3 is 19.7 Å². The maximum atomic E-state index is 12.7. The van der Waals surface area contributed by atoms with Crippen LogP contribution in [0.2, 0.25) is 0 Å². The number of fused-ring (bicyclic) bond motifs is 1. The number of benzene rings is 1. The van der Waals surface area contributed by atoms with Crippen LogP contribution < -0.4 is 5.32 Å². The highest BCUT2D eigenvalue weighted by Crippen LogP contribution is 2.22. The van der Waals surface area contributed by atoms with Crippen molar-refractivity contribution in [2.75, 3.05) is 40.5 Å². The molecule has 1 aliphatic heterocycles. The third-order valence-corrected chi connectivity index (χ3v) is 5.20. The fourth-order valence-electron chi connectivity index (χ4n) is 2.86. The van der Waals surface area contributed by atoms with Crippen molar-refractivity contribution in [2.24, 2.45) is 0 Å². The van der Waals surface area contributed by atoms with E-state index in [-0.39, 0.29) is 18.1 Å². The quantitative estimate of drug-likeness (QED) is 0.851. The number of nitrogens with zero attached hydrogens (tertiary/aromatic N) is 2. The molecule has 2 atom stereocenters. The van der Waals surface area contributed by atoms with Crippen molar-refractivity contribution in [3.63, 3.8) is 0 Å². The first-order valence-corrected chi connectivity index (χ1v) is 9.37. The van der Waals surface area contributed by atoms with Crippen LogP contribution in [0.3, 0.4) is 0 Å². The van der Waals surface area contributed by atoms with Crippen molar-refractivity contribution in [2.45, 2.75) is 25.5 Å². The number of hydrogen-bond donors (Lipinski definition) is 1. The fraction of sp³-hybridized carbons (Fsp3) is 0.556. The Labute approximate surface area is 152 Å². The van der Waals surface area contributed by atoms with E-state index in [0.717, 1.165) is 28.2 Å². The lowest BCUT2D eigenvalue weighted by Crippen LogP contribution is -2.50. The first-order valence-electron chi connectivity index (χ1n) is 8.55. The molecule has 7 heteroatoms. The molecule has 0 saturated carbocycles. The Kier molecular flexibility index (Phi) is 6.01. The predicted octanol–water partition coefficient (Wildman–Crippen LogP) is 2.07. The molecule has 1 amide bonds. The zero-order valence-corrected chi connectivity index (χ0v) is 15.8. The first kappa shape index (κ1) is 18.3. The van der Waals surface area contributed by atoms with Gasteiger partial charge in [-0.05, 0) is 45.6 Å². The van der Waals surface area contributed by atoms with E-state index in [9.17, 15) is 4.79 Å². The number of thiazole rings is 1. The van der Waals surface area contributed by atoms with Crippen LogP contribution in [0.15, 0.2) is 18.2 Å². The third kappa shape index (κ3) is 4.76. The largest absolute Gasteiger partial charge is 0.379 e. The molecule has 3 rings (SSSR count). The Morgan fingerprint density at radius 2 is 2.32 bits per heavy atom. The summed E-state index contributed by atoms with van der Waals surface area (Å²) in [6, 6.07) is 5.65. The maximum Gasteiger partial charge on any atom is 0.251 e. The highest BCUT2D eigenvalue weighted by atomic mass is 32.1. The predicted molar refractivity (Wildman–Crippen MR) is 99.3 cm³/mol. The minimum absolute atomic E-state index is 0.0312. The van der Waals surface area contributed by atoms with Crippen molar-refractivity contribution < 1.29 is 14.3 Å². The van der Waals surface area contributed by atoms with Gasteiger partial charge >= 0.3 is 0 Å². The number of ether oxygens (including phenoxy) is 2. The lowest BCUT2D eigenvalue weighted by atomic mass is 10.1. The molecule has 0 unspecified atom stereocenters. The molecule has 1 fully saturated rings. The van der Waals surface area contributed by atoms with E-state index in [0.29, 0.717) is 25.4 Å². The van der Waals surface area contributed by atoms with Gasteiger partial charge in [-0.1, -0.05) is 0 Å². The second kappa shape index (κ2) is 8.23. The molecule has 6 nitrogen and oxygen atoms in total. The van der Waals surface area contributed by atoms with E-state index in [2.05, 4.69) is 15.2 Å². The van der Waals surface area contributed by atoms with Gasteiger partial charge in [0.2, 0.25) is 0 Å². The first-order chi connectivity index (χ1) is 12.0. The standard InChI is InChI=1S/C18H25N3O3S/c1-12-19-15-10-13(4-5-17(15)25-12)18(22)20-14-6-8-23-11-16(14)24-9-7-21(2)3/h4-5,10,14,16H,6-9,11H2,1-3H3,(H,20,22)/t14-,16-/m1/s1. The molecule has 0 aliphatic carbocycles. The topological polar surface area (TPSA) is 63.7 Å². The highest BCUT2D eigenvalue weighted by Gasteiger charge is 2.28. The van der Waals surface area contributed by atoms with E-state index >= 15 is 0 Å². The summed E-state index contributed by atoms with van der Waals surface area (Å²) in [6.45, 7) is 4.60. The van der Waals surface area contributed by atoms with Crippen LogP contribution in [0, 0.1) is 6.92 Å².